The van der Waals surface area contributed by atoms with E-state index in [9.17, 15) is 4.79 Å². The van der Waals surface area contributed by atoms with Crippen LogP contribution in [0.2, 0.25) is 5.02 Å². The maximum atomic E-state index is 12.4. The van der Waals surface area contributed by atoms with Gasteiger partial charge in [-0.15, -0.1) is 11.8 Å². The molecular weight excluding hydrogens is 328 g/mol. The number of nitrogens with zero attached hydrogens (tertiary/aromatic N) is 1. The quantitative estimate of drug-likeness (QED) is 0.596. The lowest BCUT2D eigenvalue weighted by atomic mass is 10.2. The zero-order valence-electron chi connectivity index (χ0n) is 14.0. The Labute approximate surface area is 147 Å². The Morgan fingerprint density at radius 2 is 1.91 bits per heavy atom. The first kappa shape index (κ1) is 18.0. The molecule has 2 rings (SSSR count). The largest absolute Gasteiger partial charge is 0.351 e. The first-order valence-electron chi connectivity index (χ1n) is 7.75. The third kappa shape index (κ3) is 4.55. The summed E-state index contributed by atoms with van der Waals surface area (Å²) in [7, 11) is 0. The smallest absolute Gasteiger partial charge is 0.253 e. The van der Waals surface area contributed by atoms with Crippen LogP contribution in [0.3, 0.4) is 0 Å². The van der Waals surface area contributed by atoms with Crippen molar-refractivity contribution < 1.29 is 4.79 Å². The number of aryl methyl sites for hydroxylation is 1. The average Bonchev–Trinajstić information content (AvgIpc) is 2.80. The highest BCUT2D eigenvalue weighted by molar-refractivity contribution is 7.99. The molecule has 2 aromatic rings. The summed E-state index contributed by atoms with van der Waals surface area (Å²) >= 11 is 7.57. The number of thioether (sulfide) groups is 1. The number of carbonyl (C=O) groups is 1. The lowest BCUT2D eigenvalue weighted by Gasteiger charge is -2.13. The van der Waals surface area contributed by atoms with Gasteiger partial charge >= 0.3 is 0 Å². The fourth-order valence-corrected chi connectivity index (χ4v) is 3.66. The van der Waals surface area contributed by atoms with Crippen LogP contribution in [0.5, 0.6) is 0 Å². The van der Waals surface area contributed by atoms with E-state index in [1.165, 1.54) is 0 Å². The van der Waals surface area contributed by atoms with Gasteiger partial charge < -0.3 is 9.88 Å². The Bertz CT molecular complexity index is 677. The van der Waals surface area contributed by atoms with Gasteiger partial charge in [0.2, 0.25) is 0 Å². The molecule has 0 spiro atoms. The number of amides is 1. The average molecular weight is 351 g/mol. The number of nitrogens with one attached hydrogen (secondary N) is 1. The number of aromatic nitrogens is 1. The molecular formula is C18H23ClN2OS. The molecule has 0 bridgehead atoms. The van der Waals surface area contributed by atoms with Crippen molar-refractivity contribution in [1.82, 2.24) is 9.88 Å². The van der Waals surface area contributed by atoms with Crippen LogP contribution in [0.25, 0.3) is 0 Å². The summed E-state index contributed by atoms with van der Waals surface area (Å²) in [5.74, 6) is 0.831. The number of rotatable bonds is 6. The minimum Gasteiger partial charge on any atom is -0.351 e. The van der Waals surface area contributed by atoms with Crippen LogP contribution in [0.15, 0.2) is 35.2 Å². The third-order valence-electron chi connectivity index (χ3n) is 3.72. The lowest BCUT2D eigenvalue weighted by Crippen LogP contribution is -2.26. The molecule has 1 aromatic heterocycles. The lowest BCUT2D eigenvalue weighted by molar-refractivity contribution is 0.0955. The van der Waals surface area contributed by atoms with E-state index in [4.69, 9.17) is 11.6 Å². The van der Waals surface area contributed by atoms with E-state index >= 15 is 0 Å². The topological polar surface area (TPSA) is 34.0 Å². The summed E-state index contributed by atoms with van der Waals surface area (Å²) in [4.78, 5) is 13.5. The van der Waals surface area contributed by atoms with Crippen LogP contribution in [-0.4, -0.2) is 22.8 Å². The maximum absolute atomic E-state index is 12.4. The Morgan fingerprint density at radius 3 is 2.48 bits per heavy atom. The van der Waals surface area contributed by atoms with Crippen molar-refractivity contribution in [2.24, 2.45) is 0 Å². The van der Waals surface area contributed by atoms with E-state index in [2.05, 4.69) is 23.7 Å². The summed E-state index contributed by atoms with van der Waals surface area (Å²) in [5.41, 5.74) is 2.92. The van der Waals surface area contributed by atoms with E-state index in [-0.39, 0.29) is 5.91 Å². The van der Waals surface area contributed by atoms with E-state index in [0.29, 0.717) is 12.6 Å². The zero-order valence-corrected chi connectivity index (χ0v) is 15.6. The van der Waals surface area contributed by atoms with Crippen LogP contribution in [0.1, 0.15) is 41.6 Å². The first-order valence-corrected chi connectivity index (χ1v) is 9.11. The Morgan fingerprint density at radius 1 is 1.26 bits per heavy atom. The minimum absolute atomic E-state index is 0.00158. The molecule has 1 N–H and O–H groups in total. The van der Waals surface area contributed by atoms with Gasteiger partial charge in [0.05, 0.1) is 5.56 Å². The standard InChI is InChI=1S/C18H23ClN2OS/c1-12(2)21-13(3)11-17(14(21)4)18(22)20-9-10-23-16-7-5-15(19)6-8-16/h5-8,11-12H,9-10H2,1-4H3,(H,20,22). The van der Waals surface area contributed by atoms with Crippen molar-refractivity contribution >= 4 is 29.3 Å². The number of hydrogen-bond acceptors (Lipinski definition) is 2. The molecule has 5 heteroatoms. The molecule has 0 atom stereocenters. The number of halogens is 1. The van der Waals surface area contributed by atoms with Gasteiger partial charge in [0.25, 0.3) is 5.91 Å². The molecule has 0 unspecified atom stereocenters. The SMILES string of the molecule is Cc1cc(C(=O)NCCSc2ccc(Cl)cc2)c(C)n1C(C)C. The molecule has 0 fully saturated rings. The highest BCUT2D eigenvalue weighted by atomic mass is 35.5. The molecule has 1 heterocycles. The van der Waals surface area contributed by atoms with Crippen molar-refractivity contribution in [3.05, 3.63) is 52.3 Å². The van der Waals surface area contributed by atoms with Crippen LogP contribution in [0.4, 0.5) is 0 Å². The van der Waals surface area contributed by atoms with E-state index in [1.54, 1.807) is 11.8 Å². The van der Waals surface area contributed by atoms with Crippen molar-refractivity contribution in [2.75, 3.05) is 12.3 Å². The van der Waals surface area contributed by atoms with Crippen molar-refractivity contribution in [3.8, 4) is 0 Å². The minimum atomic E-state index is 0.00158. The molecule has 0 aliphatic rings. The van der Waals surface area contributed by atoms with Gasteiger partial charge in [0, 0.05) is 39.6 Å². The van der Waals surface area contributed by atoms with Gasteiger partial charge in [-0.2, -0.15) is 0 Å². The predicted molar refractivity (Wildman–Crippen MR) is 98.8 cm³/mol. The van der Waals surface area contributed by atoms with Gasteiger partial charge in [-0.1, -0.05) is 11.6 Å². The van der Waals surface area contributed by atoms with Gasteiger partial charge in [0.1, 0.15) is 0 Å². The monoisotopic (exact) mass is 350 g/mol. The highest BCUT2D eigenvalue weighted by Gasteiger charge is 2.16. The summed E-state index contributed by atoms with van der Waals surface area (Å²) < 4.78 is 2.19. The predicted octanol–water partition coefficient (Wildman–Crippen LogP) is 4.86. The van der Waals surface area contributed by atoms with Crippen molar-refractivity contribution in [1.29, 1.82) is 0 Å². The summed E-state index contributed by atoms with van der Waals surface area (Å²) in [6.07, 6.45) is 0. The fourth-order valence-electron chi connectivity index (χ4n) is 2.76. The summed E-state index contributed by atoms with van der Waals surface area (Å²) in [6.45, 7) is 8.94. The Balaban J connectivity index is 1.88. The Kier molecular flexibility index (Phi) is 6.19. The number of hydrogen-bond donors (Lipinski definition) is 1. The van der Waals surface area contributed by atoms with Crippen molar-refractivity contribution in [3.63, 3.8) is 0 Å². The molecule has 0 radical (unpaired) electrons. The third-order valence-corrected chi connectivity index (χ3v) is 4.98. The second kappa shape index (κ2) is 7.93. The van der Waals surface area contributed by atoms with Crippen molar-refractivity contribution in [2.45, 2.75) is 38.6 Å². The number of carbonyl (C=O) groups excluding carboxylic acids is 1. The Hall–Kier alpha value is -1.39. The fraction of sp³-hybridized carbons (Fsp3) is 0.389. The summed E-state index contributed by atoms with van der Waals surface area (Å²) in [5, 5.41) is 3.74. The highest BCUT2D eigenvalue weighted by Crippen LogP contribution is 2.21. The van der Waals surface area contributed by atoms with E-state index in [1.807, 2.05) is 44.2 Å². The molecule has 0 saturated carbocycles. The molecule has 3 nitrogen and oxygen atoms in total. The molecule has 0 aliphatic carbocycles. The number of benzene rings is 1. The van der Waals surface area contributed by atoms with Crippen LogP contribution >= 0.6 is 23.4 Å². The molecule has 23 heavy (non-hydrogen) atoms. The molecule has 1 aromatic carbocycles. The van der Waals surface area contributed by atoms with Gasteiger partial charge in [0.15, 0.2) is 0 Å². The van der Waals surface area contributed by atoms with Gasteiger partial charge in [-0.3, -0.25) is 4.79 Å². The molecule has 0 aliphatic heterocycles. The molecule has 1 amide bonds. The normalized spacial score (nSPS) is 11.0. The van der Waals surface area contributed by atoms with Crippen LogP contribution in [-0.2, 0) is 0 Å². The van der Waals surface area contributed by atoms with Gasteiger partial charge in [-0.25, -0.2) is 0 Å². The van der Waals surface area contributed by atoms with Gasteiger partial charge in [-0.05, 0) is 58.0 Å². The second-order valence-electron chi connectivity index (χ2n) is 5.81. The second-order valence-corrected chi connectivity index (χ2v) is 7.41. The van der Waals surface area contributed by atoms with E-state index in [0.717, 1.165) is 32.6 Å². The van der Waals surface area contributed by atoms with E-state index < -0.39 is 0 Å². The zero-order chi connectivity index (χ0) is 17.0. The summed E-state index contributed by atoms with van der Waals surface area (Å²) in [6, 6.07) is 10.1. The molecule has 124 valence electrons. The maximum Gasteiger partial charge on any atom is 0.253 e. The molecule has 0 saturated heterocycles. The van der Waals surface area contributed by atoms with Crippen LogP contribution in [0, 0.1) is 13.8 Å². The first-order chi connectivity index (χ1) is 10.9. The van der Waals surface area contributed by atoms with Crippen LogP contribution < -0.4 is 5.32 Å².